The Kier molecular flexibility index (Phi) is 8.14. The van der Waals surface area contributed by atoms with Gasteiger partial charge in [-0.1, -0.05) is 0 Å². The van der Waals surface area contributed by atoms with Gasteiger partial charge in [-0.3, -0.25) is 4.79 Å². The molecule has 0 spiro atoms. The predicted octanol–water partition coefficient (Wildman–Crippen LogP) is 1.60. The van der Waals surface area contributed by atoms with Crippen molar-refractivity contribution in [3.8, 4) is 0 Å². The van der Waals surface area contributed by atoms with Crippen molar-refractivity contribution in [3.63, 3.8) is 0 Å². The fourth-order valence-corrected chi connectivity index (χ4v) is 5.79. The summed E-state index contributed by atoms with van der Waals surface area (Å²) >= 11 is 1.28. The van der Waals surface area contributed by atoms with Crippen LogP contribution in [-0.4, -0.2) is 44.3 Å². The number of nitrogens with two attached hydrogens (primary N) is 1. The predicted molar refractivity (Wildman–Crippen MR) is 99.1 cm³/mol. The second-order valence-corrected chi connectivity index (χ2v) is 9.41. The van der Waals surface area contributed by atoms with E-state index < -0.39 is 10.0 Å². The Balaban J connectivity index is 0.00000288. The minimum absolute atomic E-state index is 0. The molecule has 2 atom stereocenters. The first kappa shape index (κ1) is 21.4. The molecular formula is C15H26ClN3O3S2. The van der Waals surface area contributed by atoms with Gasteiger partial charge in [0.2, 0.25) is 5.91 Å². The normalized spacial score (nSPS) is 20.2. The summed E-state index contributed by atoms with van der Waals surface area (Å²) < 4.78 is 27.5. The van der Waals surface area contributed by atoms with Crippen LogP contribution in [0.3, 0.4) is 0 Å². The zero-order valence-corrected chi connectivity index (χ0v) is 16.5. The van der Waals surface area contributed by atoms with Crippen LogP contribution in [0.1, 0.15) is 31.6 Å². The monoisotopic (exact) mass is 395 g/mol. The highest BCUT2D eigenvalue weighted by molar-refractivity contribution is 7.91. The van der Waals surface area contributed by atoms with Crippen molar-refractivity contribution >= 4 is 39.7 Å². The van der Waals surface area contributed by atoms with Gasteiger partial charge in [0.25, 0.3) is 10.0 Å². The number of sulfonamides is 1. The van der Waals surface area contributed by atoms with Crippen LogP contribution < -0.4 is 11.1 Å². The van der Waals surface area contributed by atoms with Gasteiger partial charge in [0.1, 0.15) is 4.21 Å². The van der Waals surface area contributed by atoms with E-state index in [1.54, 1.807) is 10.4 Å². The number of amides is 1. The average molecular weight is 396 g/mol. The van der Waals surface area contributed by atoms with Gasteiger partial charge in [-0.25, -0.2) is 8.42 Å². The molecule has 2 unspecified atom stereocenters. The van der Waals surface area contributed by atoms with Crippen LogP contribution >= 0.6 is 23.7 Å². The van der Waals surface area contributed by atoms with E-state index in [1.807, 2.05) is 13.0 Å². The summed E-state index contributed by atoms with van der Waals surface area (Å²) in [6.07, 6.45) is 2.48. The van der Waals surface area contributed by atoms with Gasteiger partial charge in [-0.05, 0) is 44.2 Å². The summed E-state index contributed by atoms with van der Waals surface area (Å²) in [5, 5.41) is 2.72. The molecule has 0 saturated carbocycles. The van der Waals surface area contributed by atoms with Gasteiger partial charge in [0.15, 0.2) is 0 Å². The van der Waals surface area contributed by atoms with Crippen molar-refractivity contribution in [2.24, 2.45) is 11.7 Å². The standard InChI is InChI=1S/C15H25N3O3S2.ClH/c1-11(16)13-4-3-9-18(10-13)23(20,21)15-6-5-14(22-15)7-8-17-12(2)19;/h5-6,11,13H,3-4,7-10,16H2,1-2H3,(H,17,19);1H. The van der Waals surface area contributed by atoms with E-state index in [4.69, 9.17) is 5.73 Å². The zero-order valence-electron chi connectivity index (χ0n) is 14.0. The van der Waals surface area contributed by atoms with Gasteiger partial charge >= 0.3 is 0 Å². The smallest absolute Gasteiger partial charge is 0.252 e. The van der Waals surface area contributed by atoms with Gasteiger partial charge in [0, 0.05) is 37.5 Å². The molecule has 6 nitrogen and oxygen atoms in total. The first-order valence-corrected chi connectivity index (χ1v) is 10.1. The maximum Gasteiger partial charge on any atom is 0.252 e. The Morgan fingerprint density at radius 2 is 2.21 bits per heavy atom. The number of rotatable bonds is 6. The molecule has 3 N–H and O–H groups in total. The molecule has 0 radical (unpaired) electrons. The van der Waals surface area contributed by atoms with Crippen molar-refractivity contribution in [1.29, 1.82) is 0 Å². The third kappa shape index (κ3) is 5.42. The molecule has 1 fully saturated rings. The molecule has 2 rings (SSSR count). The lowest BCUT2D eigenvalue weighted by molar-refractivity contribution is -0.118. The molecule has 1 amide bonds. The molecule has 1 aliphatic heterocycles. The SMILES string of the molecule is CC(=O)NCCc1ccc(S(=O)(=O)N2CCCC(C(C)N)C2)s1.Cl. The number of hydrogen-bond acceptors (Lipinski definition) is 5. The van der Waals surface area contributed by atoms with E-state index >= 15 is 0 Å². The Labute approximate surface area is 154 Å². The lowest BCUT2D eigenvalue weighted by Gasteiger charge is -2.33. The maximum atomic E-state index is 12.8. The fourth-order valence-electron chi connectivity index (χ4n) is 2.74. The Hall–Kier alpha value is -0.670. The molecule has 0 bridgehead atoms. The number of hydrogen-bond donors (Lipinski definition) is 2. The minimum Gasteiger partial charge on any atom is -0.356 e. The number of carbonyl (C=O) groups excluding carboxylic acids is 1. The molecule has 24 heavy (non-hydrogen) atoms. The topological polar surface area (TPSA) is 92.5 Å². The van der Waals surface area contributed by atoms with Crippen molar-refractivity contribution in [3.05, 3.63) is 17.0 Å². The van der Waals surface area contributed by atoms with Gasteiger partial charge < -0.3 is 11.1 Å². The molecule has 1 saturated heterocycles. The van der Waals surface area contributed by atoms with Crippen LogP contribution in [0.5, 0.6) is 0 Å². The van der Waals surface area contributed by atoms with Crippen molar-refractivity contribution in [2.45, 2.75) is 43.4 Å². The molecule has 1 aromatic heterocycles. The van der Waals surface area contributed by atoms with Crippen LogP contribution in [0.15, 0.2) is 16.3 Å². The Bertz CT molecular complexity index is 646. The summed E-state index contributed by atoms with van der Waals surface area (Å²) in [7, 11) is -3.44. The third-order valence-corrected chi connectivity index (χ3v) is 7.62. The first-order valence-electron chi connectivity index (χ1n) is 7.89. The van der Waals surface area contributed by atoms with Crippen molar-refractivity contribution < 1.29 is 13.2 Å². The average Bonchev–Trinajstić information content (AvgIpc) is 2.96. The van der Waals surface area contributed by atoms with E-state index in [9.17, 15) is 13.2 Å². The van der Waals surface area contributed by atoms with Crippen LogP contribution in [0.4, 0.5) is 0 Å². The molecule has 1 aliphatic rings. The van der Waals surface area contributed by atoms with Crippen LogP contribution in [0.2, 0.25) is 0 Å². The zero-order chi connectivity index (χ0) is 17.0. The molecule has 9 heteroatoms. The van der Waals surface area contributed by atoms with E-state index in [-0.39, 0.29) is 30.3 Å². The summed E-state index contributed by atoms with van der Waals surface area (Å²) in [5.74, 6) is 0.141. The molecular weight excluding hydrogens is 370 g/mol. The Morgan fingerprint density at radius 1 is 1.50 bits per heavy atom. The van der Waals surface area contributed by atoms with E-state index in [1.165, 1.54) is 18.3 Å². The summed E-state index contributed by atoms with van der Waals surface area (Å²) in [4.78, 5) is 11.8. The second-order valence-electron chi connectivity index (χ2n) is 6.08. The second kappa shape index (κ2) is 9.15. The number of thiophene rings is 1. The lowest BCUT2D eigenvalue weighted by atomic mass is 9.93. The molecule has 0 aromatic carbocycles. The first-order chi connectivity index (χ1) is 10.8. The van der Waals surface area contributed by atoms with E-state index in [0.29, 0.717) is 30.3 Å². The van der Waals surface area contributed by atoms with Crippen LogP contribution in [0.25, 0.3) is 0 Å². The fraction of sp³-hybridized carbons (Fsp3) is 0.667. The van der Waals surface area contributed by atoms with Crippen LogP contribution in [-0.2, 0) is 21.2 Å². The van der Waals surface area contributed by atoms with Gasteiger partial charge in [-0.15, -0.1) is 23.7 Å². The van der Waals surface area contributed by atoms with Gasteiger partial charge in [-0.2, -0.15) is 4.31 Å². The van der Waals surface area contributed by atoms with Crippen molar-refractivity contribution in [2.75, 3.05) is 19.6 Å². The summed E-state index contributed by atoms with van der Waals surface area (Å²) in [6, 6.07) is 3.50. The number of nitrogens with one attached hydrogen (secondary N) is 1. The highest BCUT2D eigenvalue weighted by Gasteiger charge is 2.32. The highest BCUT2D eigenvalue weighted by atomic mass is 35.5. The summed E-state index contributed by atoms with van der Waals surface area (Å²) in [5.41, 5.74) is 5.94. The molecule has 138 valence electrons. The highest BCUT2D eigenvalue weighted by Crippen LogP contribution is 2.29. The number of halogens is 1. The number of carbonyl (C=O) groups is 1. The van der Waals surface area contributed by atoms with E-state index in [0.717, 1.165) is 17.7 Å². The third-order valence-electron chi connectivity index (χ3n) is 4.14. The maximum absolute atomic E-state index is 12.8. The lowest BCUT2D eigenvalue weighted by Crippen LogP contribution is -2.44. The Morgan fingerprint density at radius 3 is 2.83 bits per heavy atom. The van der Waals surface area contributed by atoms with Crippen LogP contribution in [0, 0.1) is 5.92 Å². The van der Waals surface area contributed by atoms with Gasteiger partial charge in [0.05, 0.1) is 0 Å². The molecule has 1 aromatic rings. The quantitative estimate of drug-likeness (QED) is 0.765. The van der Waals surface area contributed by atoms with E-state index in [2.05, 4.69) is 5.32 Å². The summed E-state index contributed by atoms with van der Waals surface area (Å²) in [6.45, 7) is 4.98. The van der Waals surface area contributed by atoms with Crippen molar-refractivity contribution in [1.82, 2.24) is 9.62 Å². The number of piperidine rings is 1. The minimum atomic E-state index is -3.44. The molecule has 2 heterocycles. The molecule has 0 aliphatic carbocycles. The number of nitrogens with zero attached hydrogens (tertiary/aromatic N) is 1. The largest absolute Gasteiger partial charge is 0.356 e.